The number of benzene rings is 2. The quantitative estimate of drug-likeness (QED) is 0.716. The molecule has 0 aliphatic heterocycles. The predicted molar refractivity (Wildman–Crippen MR) is 98.6 cm³/mol. The highest BCUT2D eigenvalue weighted by molar-refractivity contribution is 6.30. The van der Waals surface area contributed by atoms with Gasteiger partial charge in [-0.25, -0.2) is 4.79 Å². The molecule has 2 aromatic rings. The topological polar surface area (TPSA) is 70.2 Å². The zero-order valence-electron chi connectivity index (χ0n) is 13.6. The van der Waals surface area contributed by atoms with Gasteiger partial charge in [0.15, 0.2) is 0 Å². The van der Waals surface area contributed by atoms with E-state index in [2.05, 4.69) is 16.0 Å². The number of anilines is 3. The van der Waals surface area contributed by atoms with Crippen LogP contribution in [0, 0.1) is 5.92 Å². The summed E-state index contributed by atoms with van der Waals surface area (Å²) in [5, 5.41) is 8.86. The molecule has 0 saturated carbocycles. The molecule has 0 saturated heterocycles. The van der Waals surface area contributed by atoms with Crippen LogP contribution in [-0.4, -0.2) is 11.9 Å². The first-order valence-corrected chi connectivity index (χ1v) is 8.03. The molecule has 0 aromatic heterocycles. The van der Waals surface area contributed by atoms with Crippen LogP contribution in [0.1, 0.15) is 20.3 Å². The second-order valence-corrected chi connectivity index (χ2v) is 6.25. The van der Waals surface area contributed by atoms with Crippen molar-refractivity contribution < 1.29 is 9.59 Å². The summed E-state index contributed by atoms with van der Waals surface area (Å²) in [5.41, 5.74) is 1.97. The molecule has 24 heavy (non-hydrogen) atoms. The number of rotatable bonds is 5. The number of carbonyl (C=O) groups is 2. The van der Waals surface area contributed by atoms with Crippen molar-refractivity contribution in [3.05, 3.63) is 53.6 Å². The van der Waals surface area contributed by atoms with E-state index in [1.807, 2.05) is 13.8 Å². The van der Waals surface area contributed by atoms with E-state index in [1.165, 1.54) is 0 Å². The molecular weight excluding hydrogens is 326 g/mol. The molecule has 0 aliphatic rings. The maximum atomic E-state index is 11.9. The largest absolute Gasteiger partial charge is 0.326 e. The third-order valence-corrected chi connectivity index (χ3v) is 3.37. The normalized spacial score (nSPS) is 10.3. The molecule has 0 unspecified atom stereocenters. The van der Waals surface area contributed by atoms with E-state index in [9.17, 15) is 9.59 Å². The van der Waals surface area contributed by atoms with Crippen LogP contribution in [0.2, 0.25) is 5.02 Å². The number of hydrogen-bond acceptors (Lipinski definition) is 2. The maximum absolute atomic E-state index is 11.9. The van der Waals surface area contributed by atoms with E-state index in [0.717, 1.165) is 0 Å². The van der Waals surface area contributed by atoms with Crippen LogP contribution < -0.4 is 16.0 Å². The number of urea groups is 1. The van der Waals surface area contributed by atoms with Crippen LogP contribution in [0.25, 0.3) is 0 Å². The zero-order chi connectivity index (χ0) is 17.5. The van der Waals surface area contributed by atoms with Gasteiger partial charge in [0.05, 0.1) is 0 Å². The summed E-state index contributed by atoms with van der Waals surface area (Å²) in [4.78, 5) is 23.6. The lowest BCUT2D eigenvalue weighted by molar-refractivity contribution is -0.116. The van der Waals surface area contributed by atoms with Crippen LogP contribution in [0.15, 0.2) is 48.5 Å². The highest BCUT2D eigenvalue weighted by Crippen LogP contribution is 2.16. The van der Waals surface area contributed by atoms with Crippen LogP contribution in [0.4, 0.5) is 21.9 Å². The fraction of sp³-hybridized carbons (Fsp3) is 0.222. The first-order chi connectivity index (χ1) is 11.4. The van der Waals surface area contributed by atoms with Crippen molar-refractivity contribution in [1.82, 2.24) is 0 Å². The predicted octanol–water partition coefficient (Wildman–Crippen LogP) is 4.97. The molecule has 0 aliphatic carbocycles. The average Bonchev–Trinajstić information content (AvgIpc) is 2.51. The van der Waals surface area contributed by atoms with Gasteiger partial charge >= 0.3 is 6.03 Å². The summed E-state index contributed by atoms with van der Waals surface area (Å²) in [6.45, 7) is 3.98. The zero-order valence-corrected chi connectivity index (χ0v) is 14.4. The monoisotopic (exact) mass is 345 g/mol. The molecular formula is C18H20ClN3O2. The standard InChI is InChI=1S/C18H20ClN3O2/c1-12(2)11-17(23)20-14-7-9-16(10-8-14)22-18(24)21-15-5-3-13(19)4-6-15/h3-10,12H,11H2,1-2H3,(H,20,23)(H2,21,22,24). The van der Waals surface area contributed by atoms with Gasteiger partial charge in [0.1, 0.15) is 0 Å². The first kappa shape index (κ1) is 17.8. The molecule has 0 fully saturated rings. The molecule has 6 heteroatoms. The highest BCUT2D eigenvalue weighted by Gasteiger charge is 2.06. The Labute approximate surface area is 146 Å². The van der Waals surface area contributed by atoms with E-state index in [4.69, 9.17) is 11.6 Å². The summed E-state index contributed by atoms with van der Waals surface area (Å²) < 4.78 is 0. The Kier molecular flexibility index (Phi) is 6.21. The van der Waals surface area contributed by atoms with E-state index >= 15 is 0 Å². The van der Waals surface area contributed by atoms with Gasteiger partial charge < -0.3 is 16.0 Å². The molecule has 3 amide bonds. The Bertz CT molecular complexity index is 697. The smallest absolute Gasteiger partial charge is 0.323 e. The van der Waals surface area contributed by atoms with Gasteiger partial charge in [-0.3, -0.25) is 4.79 Å². The third-order valence-electron chi connectivity index (χ3n) is 3.12. The third kappa shape index (κ3) is 5.93. The first-order valence-electron chi connectivity index (χ1n) is 7.66. The summed E-state index contributed by atoms with van der Waals surface area (Å²) in [6.07, 6.45) is 0.476. The van der Waals surface area contributed by atoms with E-state index in [-0.39, 0.29) is 11.9 Å². The average molecular weight is 346 g/mol. The molecule has 2 rings (SSSR count). The lowest BCUT2D eigenvalue weighted by Gasteiger charge is -2.10. The second-order valence-electron chi connectivity index (χ2n) is 5.81. The van der Waals surface area contributed by atoms with E-state index in [1.54, 1.807) is 48.5 Å². The Morgan fingerprint density at radius 2 is 1.25 bits per heavy atom. The van der Waals surface area contributed by atoms with Gasteiger partial charge in [0.25, 0.3) is 0 Å². The van der Waals surface area contributed by atoms with Crippen molar-refractivity contribution in [3.63, 3.8) is 0 Å². The molecule has 3 N–H and O–H groups in total. The van der Waals surface area contributed by atoms with Gasteiger partial charge in [-0.2, -0.15) is 0 Å². The van der Waals surface area contributed by atoms with Crippen molar-refractivity contribution in [1.29, 1.82) is 0 Å². The number of halogens is 1. The summed E-state index contributed by atoms with van der Waals surface area (Å²) in [6, 6.07) is 13.4. The number of hydrogen-bond donors (Lipinski definition) is 3. The molecule has 126 valence electrons. The molecule has 5 nitrogen and oxygen atoms in total. The molecule has 0 spiro atoms. The molecule has 0 radical (unpaired) electrons. The van der Waals surface area contributed by atoms with Crippen LogP contribution in [-0.2, 0) is 4.79 Å². The van der Waals surface area contributed by atoms with Gasteiger partial charge in [0, 0.05) is 28.5 Å². The Morgan fingerprint density at radius 3 is 1.71 bits per heavy atom. The minimum atomic E-state index is -0.353. The van der Waals surface area contributed by atoms with E-state index in [0.29, 0.717) is 34.4 Å². The van der Waals surface area contributed by atoms with Crippen LogP contribution in [0.5, 0.6) is 0 Å². The van der Waals surface area contributed by atoms with Crippen molar-refractivity contribution >= 4 is 40.6 Å². The molecule has 0 bridgehead atoms. The fourth-order valence-electron chi connectivity index (χ4n) is 2.05. The van der Waals surface area contributed by atoms with Crippen molar-refractivity contribution in [3.8, 4) is 0 Å². The Hall–Kier alpha value is -2.53. The molecule has 0 heterocycles. The SMILES string of the molecule is CC(C)CC(=O)Nc1ccc(NC(=O)Nc2ccc(Cl)cc2)cc1. The molecule has 0 atom stereocenters. The lowest BCUT2D eigenvalue weighted by Crippen LogP contribution is -2.19. The van der Waals surface area contributed by atoms with Gasteiger partial charge in [-0.1, -0.05) is 25.4 Å². The highest BCUT2D eigenvalue weighted by atomic mass is 35.5. The minimum absolute atomic E-state index is 0.0220. The summed E-state index contributed by atoms with van der Waals surface area (Å²) in [7, 11) is 0. The van der Waals surface area contributed by atoms with Crippen LogP contribution in [0.3, 0.4) is 0 Å². The summed E-state index contributed by atoms with van der Waals surface area (Å²) in [5.74, 6) is 0.286. The van der Waals surface area contributed by atoms with Crippen molar-refractivity contribution in [2.24, 2.45) is 5.92 Å². The van der Waals surface area contributed by atoms with Crippen molar-refractivity contribution in [2.45, 2.75) is 20.3 Å². The Balaban J connectivity index is 1.87. The van der Waals surface area contributed by atoms with E-state index < -0.39 is 0 Å². The second kappa shape index (κ2) is 8.36. The lowest BCUT2D eigenvalue weighted by atomic mass is 10.1. The number of carbonyl (C=O) groups excluding carboxylic acids is 2. The molecule has 2 aromatic carbocycles. The van der Waals surface area contributed by atoms with Gasteiger partial charge in [0.2, 0.25) is 5.91 Å². The van der Waals surface area contributed by atoms with Crippen molar-refractivity contribution in [2.75, 3.05) is 16.0 Å². The van der Waals surface area contributed by atoms with Gasteiger partial charge in [-0.15, -0.1) is 0 Å². The number of amides is 3. The minimum Gasteiger partial charge on any atom is -0.326 e. The Morgan fingerprint density at radius 1 is 0.833 bits per heavy atom. The number of nitrogens with one attached hydrogen (secondary N) is 3. The fourth-order valence-corrected chi connectivity index (χ4v) is 2.17. The van der Waals surface area contributed by atoms with Gasteiger partial charge in [-0.05, 0) is 54.4 Å². The maximum Gasteiger partial charge on any atom is 0.323 e. The van der Waals surface area contributed by atoms with Crippen LogP contribution >= 0.6 is 11.6 Å². The summed E-state index contributed by atoms with van der Waals surface area (Å²) >= 11 is 5.80.